The lowest BCUT2D eigenvalue weighted by Crippen LogP contribution is -2.45. The second-order valence-corrected chi connectivity index (χ2v) is 7.54. The van der Waals surface area contributed by atoms with Gasteiger partial charge in [-0.1, -0.05) is 6.08 Å². The maximum absolute atomic E-state index is 12.5. The zero-order valence-corrected chi connectivity index (χ0v) is 13.1. The molecular formula is C19H23NO2. The fraction of sp³-hybridized carbons (Fsp3) is 0.579. The number of ketones is 1. The molecule has 0 spiro atoms. The van der Waals surface area contributed by atoms with Crippen molar-refractivity contribution in [3.63, 3.8) is 0 Å². The molecule has 4 aliphatic rings. The summed E-state index contributed by atoms with van der Waals surface area (Å²) in [6.45, 7) is 0. The van der Waals surface area contributed by atoms with Gasteiger partial charge in [-0.3, -0.25) is 4.79 Å². The fourth-order valence-electron chi connectivity index (χ4n) is 5.47. The third-order valence-electron chi connectivity index (χ3n) is 5.90. The number of aromatic nitrogens is 1. The Balaban J connectivity index is 1.55. The Kier molecular flexibility index (Phi) is 3.32. The largest absolute Gasteiger partial charge is 0.480 e. The molecule has 3 nitrogen and oxygen atoms in total. The van der Waals surface area contributed by atoms with Gasteiger partial charge in [-0.2, -0.15) is 0 Å². The molecule has 4 aliphatic carbocycles. The molecule has 4 fully saturated rings. The SMILES string of the molecule is COc1ncccc1C(=O)/C=C/C12CC3CC(CC(C3)C1)C2. The summed E-state index contributed by atoms with van der Waals surface area (Å²) in [5.41, 5.74) is 0.853. The molecule has 116 valence electrons. The average Bonchev–Trinajstić information content (AvgIpc) is 2.51. The summed E-state index contributed by atoms with van der Waals surface area (Å²) < 4.78 is 5.20. The molecule has 5 rings (SSSR count). The molecule has 1 heterocycles. The van der Waals surface area contributed by atoms with Crippen molar-refractivity contribution < 1.29 is 9.53 Å². The summed E-state index contributed by atoms with van der Waals surface area (Å²) in [5, 5.41) is 0. The molecule has 0 aromatic carbocycles. The second-order valence-electron chi connectivity index (χ2n) is 7.54. The summed E-state index contributed by atoms with van der Waals surface area (Å²) in [5.74, 6) is 3.14. The number of nitrogens with zero attached hydrogens (tertiary/aromatic N) is 1. The quantitative estimate of drug-likeness (QED) is 0.622. The van der Waals surface area contributed by atoms with Crippen molar-refractivity contribution >= 4 is 5.78 Å². The van der Waals surface area contributed by atoms with Crippen LogP contribution in [0.25, 0.3) is 0 Å². The number of rotatable bonds is 4. The molecular weight excluding hydrogens is 274 g/mol. The van der Waals surface area contributed by atoms with E-state index in [0.717, 1.165) is 17.8 Å². The lowest BCUT2D eigenvalue weighted by molar-refractivity contribution is -0.0238. The second kappa shape index (κ2) is 5.22. The van der Waals surface area contributed by atoms with Crippen LogP contribution in [0.2, 0.25) is 0 Å². The number of carbonyl (C=O) groups excluding carboxylic acids is 1. The number of hydrogen-bond acceptors (Lipinski definition) is 3. The lowest BCUT2D eigenvalue weighted by Gasteiger charge is -2.55. The summed E-state index contributed by atoms with van der Waals surface area (Å²) >= 11 is 0. The molecule has 1 aromatic heterocycles. The molecule has 22 heavy (non-hydrogen) atoms. The Morgan fingerprint density at radius 3 is 2.45 bits per heavy atom. The first kappa shape index (κ1) is 14.0. The van der Waals surface area contributed by atoms with Gasteiger partial charge >= 0.3 is 0 Å². The fourth-order valence-corrected chi connectivity index (χ4v) is 5.47. The predicted octanol–water partition coefficient (Wildman–Crippen LogP) is 4.05. The summed E-state index contributed by atoms with van der Waals surface area (Å²) in [6.07, 6.45) is 13.8. The van der Waals surface area contributed by atoms with Crippen molar-refractivity contribution in [2.45, 2.75) is 38.5 Å². The Bertz CT molecular complexity index is 584. The topological polar surface area (TPSA) is 39.2 Å². The van der Waals surface area contributed by atoms with Gasteiger partial charge in [-0.15, -0.1) is 0 Å². The van der Waals surface area contributed by atoms with E-state index in [0.29, 0.717) is 16.9 Å². The summed E-state index contributed by atoms with van der Waals surface area (Å²) in [4.78, 5) is 16.6. The van der Waals surface area contributed by atoms with Gasteiger partial charge in [0.1, 0.15) is 0 Å². The van der Waals surface area contributed by atoms with Crippen LogP contribution in [0.1, 0.15) is 48.9 Å². The predicted molar refractivity (Wildman–Crippen MR) is 84.9 cm³/mol. The molecule has 0 atom stereocenters. The Morgan fingerprint density at radius 1 is 1.23 bits per heavy atom. The highest BCUT2D eigenvalue weighted by molar-refractivity contribution is 6.06. The zero-order valence-electron chi connectivity index (χ0n) is 13.1. The van der Waals surface area contributed by atoms with E-state index in [1.807, 2.05) is 0 Å². The number of ether oxygens (including phenoxy) is 1. The van der Waals surface area contributed by atoms with Gasteiger partial charge in [-0.05, 0) is 79.9 Å². The van der Waals surface area contributed by atoms with Crippen LogP contribution in [-0.2, 0) is 0 Å². The third-order valence-corrected chi connectivity index (χ3v) is 5.90. The lowest BCUT2D eigenvalue weighted by atomic mass is 9.49. The molecule has 3 heteroatoms. The van der Waals surface area contributed by atoms with E-state index in [4.69, 9.17) is 4.74 Å². The van der Waals surface area contributed by atoms with Crippen molar-refractivity contribution in [2.75, 3.05) is 7.11 Å². The van der Waals surface area contributed by atoms with E-state index in [9.17, 15) is 4.79 Å². The van der Waals surface area contributed by atoms with Crippen molar-refractivity contribution in [3.05, 3.63) is 36.0 Å². The van der Waals surface area contributed by atoms with Crippen LogP contribution in [0.15, 0.2) is 30.5 Å². The molecule has 0 unspecified atom stereocenters. The highest BCUT2D eigenvalue weighted by atomic mass is 16.5. The zero-order chi connectivity index (χ0) is 15.2. The van der Waals surface area contributed by atoms with Gasteiger partial charge < -0.3 is 4.74 Å². The molecule has 4 saturated carbocycles. The first-order valence-corrected chi connectivity index (χ1v) is 8.40. The minimum atomic E-state index is 0.0145. The normalized spacial score (nSPS) is 36.0. The first-order valence-electron chi connectivity index (χ1n) is 8.40. The van der Waals surface area contributed by atoms with Gasteiger partial charge in [0.15, 0.2) is 5.78 Å². The standard InChI is InChI=1S/C19H23NO2/c1-22-18-16(3-2-6-20-18)17(21)4-5-19-10-13-7-14(11-19)9-15(8-13)12-19/h2-6,13-15H,7-12H2,1H3/b5-4+. The van der Waals surface area contributed by atoms with Crippen molar-refractivity contribution in [1.29, 1.82) is 0 Å². The van der Waals surface area contributed by atoms with Crippen LogP contribution in [0.5, 0.6) is 5.88 Å². The molecule has 0 radical (unpaired) electrons. The van der Waals surface area contributed by atoms with E-state index in [-0.39, 0.29) is 5.78 Å². The number of pyridine rings is 1. The molecule has 1 aromatic rings. The van der Waals surface area contributed by atoms with Gasteiger partial charge in [-0.25, -0.2) is 4.98 Å². The Labute approximate surface area is 131 Å². The monoisotopic (exact) mass is 297 g/mol. The van der Waals surface area contributed by atoms with E-state index >= 15 is 0 Å². The van der Waals surface area contributed by atoms with Crippen LogP contribution in [0, 0.1) is 23.2 Å². The van der Waals surface area contributed by atoms with Crippen molar-refractivity contribution in [2.24, 2.45) is 23.2 Å². The number of methoxy groups -OCH3 is 1. The van der Waals surface area contributed by atoms with E-state index in [1.54, 1.807) is 31.5 Å². The van der Waals surface area contributed by atoms with Crippen molar-refractivity contribution in [1.82, 2.24) is 4.98 Å². The van der Waals surface area contributed by atoms with E-state index < -0.39 is 0 Å². The van der Waals surface area contributed by atoms with Gasteiger partial charge in [0.2, 0.25) is 5.88 Å². The number of allylic oxidation sites excluding steroid dienone is 2. The smallest absolute Gasteiger partial charge is 0.224 e. The number of carbonyl (C=O) groups is 1. The summed E-state index contributed by atoms with van der Waals surface area (Å²) in [7, 11) is 1.56. The number of hydrogen-bond donors (Lipinski definition) is 0. The van der Waals surface area contributed by atoms with Gasteiger partial charge in [0, 0.05) is 6.20 Å². The Hall–Kier alpha value is -1.64. The van der Waals surface area contributed by atoms with Crippen LogP contribution < -0.4 is 4.74 Å². The molecule has 0 N–H and O–H groups in total. The van der Waals surface area contributed by atoms with Gasteiger partial charge in [0.05, 0.1) is 12.7 Å². The molecule has 0 amide bonds. The Morgan fingerprint density at radius 2 is 1.86 bits per heavy atom. The van der Waals surface area contributed by atoms with E-state index in [2.05, 4.69) is 11.1 Å². The first-order chi connectivity index (χ1) is 10.7. The van der Waals surface area contributed by atoms with Crippen LogP contribution >= 0.6 is 0 Å². The summed E-state index contributed by atoms with van der Waals surface area (Å²) in [6, 6.07) is 3.58. The maximum Gasteiger partial charge on any atom is 0.224 e. The minimum Gasteiger partial charge on any atom is -0.480 e. The molecule has 4 bridgehead atoms. The van der Waals surface area contributed by atoms with Crippen LogP contribution in [0.3, 0.4) is 0 Å². The molecule has 0 aliphatic heterocycles. The average molecular weight is 297 g/mol. The van der Waals surface area contributed by atoms with Crippen LogP contribution in [-0.4, -0.2) is 17.9 Å². The van der Waals surface area contributed by atoms with Crippen molar-refractivity contribution in [3.8, 4) is 5.88 Å². The maximum atomic E-state index is 12.5. The molecule has 0 saturated heterocycles. The highest BCUT2D eigenvalue weighted by Crippen LogP contribution is 2.60. The minimum absolute atomic E-state index is 0.0145. The van der Waals surface area contributed by atoms with Gasteiger partial charge in [0.25, 0.3) is 0 Å². The third kappa shape index (κ3) is 2.37. The van der Waals surface area contributed by atoms with E-state index in [1.165, 1.54) is 38.5 Å². The van der Waals surface area contributed by atoms with Crippen LogP contribution in [0.4, 0.5) is 0 Å². The highest BCUT2D eigenvalue weighted by Gasteiger charge is 2.49.